The van der Waals surface area contributed by atoms with Crippen LogP contribution in [0.2, 0.25) is 5.02 Å². The predicted octanol–water partition coefficient (Wildman–Crippen LogP) is 3.94. The van der Waals surface area contributed by atoms with Crippen LogP contribution >= 0.6 is 11.6 Å². The van der Waals surface area contributed by atoms with Gasteiger partial charge in [0.2, 0.25) is 17.4 Å². The number of rotatable bonds is 5. The molecule has 0 saturated heterocycles. The van der Waals surface area contributed by atoms with Crippen LogP contribution < -0.4 is 9.92 Å². The van der Waals surface area contributed by atoms with Gasteiger partial charge in [-0.25, -0.2) is 4.39 Å². The molecule has 1 aromatic heterocycles. The van der Waals surface area contributed by atoms with Crippen LogP contribution in [0.4, 0.5) is 10.3 Å². The van der Waals surface area contributed by atoms with Gasteiger partial charge in [0.05, 0.1) is 5.56 Å². The highest BCUT2D eigenvalue weighted by atomic mass is 35.5. The Balaban J connectivity index is 1.95. The van der Waals surface area contributed by atoms with E-state index in [1.807, 2.05) is 0 Å². The number of aromatic hydroxyl groups is 1. The van der Waals surface area contributed by atoms with Crippen LogP contribution in [0.3, 0.4) is 0 Å². The van der Waals surface area contributed by atoms with Crippen molar-refractivity contribution in [2.45, 2.75) is 5.75 Å². The Labute approximate surface area is 153 Å². The molecule has 0 saturated carbocycles. The summed E-state index contributed by atoms with van der Waals surface area (Å²) in [7, 11) is -4.14. The molecule has 3 N–H and O–H groups in total. The third-order valence-corrected chi connectivity index (χ3v) is 4.78. The lowest BCUT2D eigenvalue weighted by molar-refractivity contribution is 0.432. The van der Waals surface area contributed by atoms with Crippen molar-refractivity contribution in [2.24, 2.45) is 0 Å². The molecule has 1 heterocycles. The maximum atomic E-state index is 14.0. The van der Waals surface area contributed by atoms with Crippen LogP contribution in [-0.2, 0) is 15.9 Å². The van der Waals surface area contributed by atoms with E-state index in [4.69, 9.17) is 25.9 Å². The van der Waals surface area contributed by atoms with Crippen LogP contribution in [0.15, 0.2) is 52.9 Å². The molecule has 136 valence electrons. The van der Waals surface area contributed by atoms with Crippen molar-refractivity contribution in [1.82, 2.24) is 0 Å². The van der Waals surface area contributed by atoms with Crippen LogP contribution in [0.25, 0.3) is 11.3 Å². The molecule has 6 nitrogen and oxygen atoms in total. The van der Waals surface area contributed by atoms with Crippen molar-refractivity contribution in [1.29, 1.82) is 0 Å². The third kappa shape index (κ3) is 3.76. The molecule has 0 amide bonds. The van der Waals surface area contributed by atoms with Crippen molar-refractivity contribution >= 4 is 27.6 Å². The van der Waals surface area contributed by atoms with Crippen molar-refractivity contribution < 1.29 is 26.5 Å². The van der Waals surface area contributed by atoms with Gasteiger partial charge in [-0.3, -0.25) is 0 Å². The molecule has 0 atom stereocenters. The molecule has 3 aromatic rings. The van der Waals surface area contributed by atoms with E-state index in [9.17, 15) is 17.9 Å². The van der Waals surface area contributed by atoms with E-state index in [1.54, 1.807) is 30.3 Å². The van der Waals surface area contributed by atoms with E-state index in [-0.39, 0.29) is 16.3 Å². The topological polar surface area (TPSA) is 103 Å². The number of furan rings is 1. The van der Waals surface area contributed by atoms with Gasteiger partial charge in [-0.05, 0) is 23.8 Å². The zero-order valence-electron chi connectivity index (χ0n) is 13.1. The first-order chi connectivity index (χ1) is 12.3. The largest absolute Gasteiger partial charge is 0.501 e. The highest BCUT2D eigenvalue weighted by Gasteiger charge is 2.27. The molecular formula is C17H13ClFNO5S. The first-order valence-corrected chi connectivity index (χ1v) is 9.25. The Hall–Kier alpha value is -2.71. The average Bonchev–Trinajstić information content (AvgIpc) is 2.85. The van der Waals surface area contributed by atoms with Crippen LogP contribution in [-0.4, -0.2) is 13.5 Å². The predicted molar refractivity (Wildman–Crippen MR) is 94.9 cm³/mol. The summed E-state index contributed by atoms with van der Waals surface area (Å²) in [6.45, 7) is 0. The van der Waals surface area contributed by atoms with Crippen molar-refractivity contribution in [3.8, 4) is 22.8 Å². The molecule has 0 unspecified atom stereocenters. The minimum absolute atomic E-state index is 0.183. The molecular weight excluding hydrogens is 385 g/mol. The van der Waals surface area contributed by atoms with Gasteiger partial charge in [-0.2, -0.15) is 8.42 Å². The molecule has 0 fully saturated rings. The number of anilines is 1. The van der Waals surface area contributed by atoms with Crippen LogP contribution in [0.1, 0.15) is 5.56 Å². The smallest absolute Gasteiger partial charge is 0.313 e. The van der Waals surface area contributed by atoms with Crippen molar-refractivity contribution in [2.75, 3.05) is 5.73 Å². The first-order valence-electron chi connectivity index (χ1n) is 7.29. The van der Waals surface area contributed by atoms with E-state index >= 15 is 0 Å². The van der Waals surface area contributed by atoms with E-state index < -0.39 is 39.1 Å². The Bertz CT molecular complexity index is 1050. The number of hydrogen-bond acceptors (Lipinski definition) is 6. The number of nitrogen functional groups attached to an aromatic ring is 1. The molecule has 26 heavy (non-hydrogen) atoms. The highest BCUT2D eigenvalue weighted by molar-refractivity contribution is 7.86. The summed E-state index contributed by atoms with van der Waals surface area (Å²) < 4.78 is 48.4. The summed E-state index contributed by atoms with van der Waals surface area (Å²) >= 11 is 5.81. The molecule has 3 rings (SSSR count). The van der Waals surface area contributed by atoms with Gasteiger partial charge < -0.3 is 19.4 Å². The minimum Gasteiger partial charge on any atom is -0.501 e. The van der Waals surface area contributed by atoms with Gasteiger partial charge in [0.1, 0.15) is 11.6 Å². The fraction of sp³-hybridized carbons (Fsp3) is 0.0588. The lowest BCUT2D eigenvalue weighted by Crippen LogP contribution is -2.12. The second kappa shape index (κ2) is 6.89. The summed E-state index contributed by atoms with van der Waals surface area (Å²) in [5.41, 5.74) is 5.90. The van der Waals surface area contributed by atoms with Gasteiger partial charge >= 0.3 is 10.1 Å². The Morgan fingerprint density at radius 2 is 1.88 bits per heavy atom. The summed E-state index contributed by atoms with van der Waals surface area (Å²) in [5.74, 6) is -3.41. The Morgan fingerprint density at radius 1 is 1.19 bits per heavy atom. The van der Waals surface area contributed by atoms with Gasteiger partial charge in [0, 0.05) is 5.02 Å². The number of benzene rings is 2. The second-order valence-corrected chi connectivity index (χ2v) is 7.38. The molecule has 9 heteroatoms. The van der Waals surface area contributed by atoms with E-state index in [0.717, 1.165) is 6.07 Å². The molecule has 0 spiro atoms. The van der Waals surface area contributed by atoms with Crippen molar-refractivity contribution in [3.05, 3.63) is 64.9 Å². The van der Waals surface area contributed by atoms with E-state index in [1.165, 1.54) is 12.1 Å². The number of hydrogen-bond donors (Lipinski definition) is 2. The highest BCUT2D eigenvalue weighted by Crippen LogP contribution is 2.46. The summed E-state index contributed by atoms with van der Waals surface area (Å²) in [5, 5.41) is 10.4. The fourth-order valence-electron chi connectivity index (χ4n) is 2.29. The standard InChI is InChI=1S/C17H13ClFNO5S/c18-11-6-7-13(19)12(8-11)15-14(21)16(17(20)24-15)25-26(22,23)9-10-4-2-1-3-5-10/h1-8,21H,9,20H2. The van der Waals surface area contributed by atoms with E-state index in [2.05, 4.69) is 0 Å². The molecule has 0 bridgehead atoms. The first kappa shape index (κ1) is 18.1. The van der Waals surface area contributed by atoms with Gasteiger partial charge in [0.15, 0.2) is 5.76 Å². The monoisotopic (exact) mass is 397 g/mol. The van der Waals surface area contributed by atoms with Crippen molar-refractivity contribution in [3.63, 3.8) is 0 Å². The summed E-state index contributed by atoms with van der Waals surface area (Å²) in [6.07, 6.45) is 0. The summed E-state index contributed by atoms with van der Waals surface area (Å²) in [4.78, 5) is 0. The molecule has 0 aliphatic carbocycles. The molecule has 0 radical (unpaired) electrons. The zero-order chi connectivity index (χ0) is 18.9. The maximum absolute atomic E-state index is 14.0. The lowest BCUT2D eigenvalue weighted by atomic mass is 10.1. The number of nitrogens with two attached hydrogens (primary N) is 1. The molecule has 0 aliphatic heterocycles. The number of halogens is 2. The average molecular weight is 398 g/mol. The summed E-state index contributed by atoms with van der Waals surface area (Å²) in [6, 6.07) is 11.9. The van der Waals surface area contributed by atoms with Gasteiger partial charge in [0.25, 0.3) is 0 Å². The molecule has 2 aromatic carbocycles. The molecule has 0 aliphatic rings. The fourth-order valence-corrected chi connectivity index (χ4v) is 3.54. The van der Waals surface area contributed by atoms with Gasteiger partial charge in [-0.15, -0.1) is 0 Å². The van der Waals surface area contributed by atoms with E-state index in [0.29, 0.717) is 5.56 Å². The third-order valence-electron chi connectivity index (χ3n) is 3.44. The quantitative estimate of drug-likeness (QED) is 0.632. The lowest BCUT2D eigenvalue weighted by Gasteiger charge is -2.06. The van der Waals surface area contributed by atoms with Gasteiger partial charge in [-0.1, -0.05) is 41.9 Å². The zero-order valence-corrected chi connectivity index (χ0v) is 14.7. The van der Waals surface area contributed by atoms with Crippen LogP contribution in [0, 0.1) is 5.82 Å². The second-order valence-electron chi connectivity index (χ2n) is 5.37. The van der Waals surface area contributed by atoms with Crippen LogP contribution in [0.5, 0.6) is 11.5 Å². The SMILES string of the molecule is Nc1oc(-c2cc(Cl)ccc2F)c(O)c1OS(=O)(=O)Cc1ccccc1. The minimum atomic E-state index is -4.14. The Kier molecular flexibility index (Phi) is 4.80. The normalized spacial score (nSPS) is 11.5. The maximum Gasteiger partial charge on any atom is 0.313 e. The Morgan fingerprint density at radius 3 is 2.58 bits per heavy atom.